The first-order valence-electron chi connectivity index (χ1n) is 12.6. The van der Waals surface area contributed by atoms with Crippen LogP contribution in [-0.2, 0) is 36.8 Å². The summed E-state index contributed by atoms with van der Waals surface area (Å²) in [7, 11) is 0. The Labute approximate surface area is 220 Å². The quantitative estimate of drug-likeness (QED) is 0.361. The summed E-state index contributed by atoms with van der Waals surface area (Å²) < 4.78 is 0. The van der Waals surface area contributed by atoms with Crippen molar-refractivity contribution in [1.29, 1.82) is 0 Å². The van der Waals surface area contributed by atoms with Gasteiger partial charge in [-0.3, -0.25) is 24.0 Å². The van der Waals surface area contributed by atoms with Crippen molar-refractivity contribution in [2.75, 3.05) is 19.6 Å². The molecule has 0 aromatic heterocycles. The molecule has 200 valence electrons. The Hall–Kier alpha value is -4.41. The second-order valence-corrected chi connectivity index (χ2v) is 9.43. The molecule has 11 nitrogen and oxygen atoms in total. The van der Waals surface area contributed by atoms with Gasteiger partial charge in [0.15, 0.2) is 0 Å². The van der Waals surface area contributed by atoms with Gasteiger partial charge in [-0.25, -0.2) is 0 Å². The van der Waals surface area contributed by atoms with Crippen LogP contribution in [0.25, 0.3) is 0 Å². The van der Waals surface area contributed by atoms with Crippen molar-refractivity contribution in [3.63, 3.8) is 0 Å². The molecule has 38 heavy (non-hydrogen) atoms. The lowest BCUT2D eigenvalue weighted by atomic mass is 10.0. The Kier molecular flexibility index (Phi) is 8.57. The fourth-order valence-electron chi connectivity index (χ4n) is 4.68. The minimum absolute atomic E-state index is 0.0642. The number of aromatic hydroxyl groups is 1. The van der Waals surface area contributed by atoms with Gasteiger partial charge in [-0.15, -0.1) is 0 Å². The summed E-state index contributed by atoms with van der Waals surface area (Å²) >= 11 is 0. The zero-order valence-electron chi connectivity index (χ0n) is 20.8. The topological polar surface area (TPSA) is 157 Å². The Morgan fingerprint density at radius 3 is 2.13 bits per heavy atom. The molecule has 0 spiro atoms. The molecule has 2 aromatic carbocycles. The highest BCUT2D eigenvalue weighted by Gasteiger charge is 2.39. The van der Waals surface area contributed by atoms with Crippen LogP contribution in [0.3, 0.4) is 0 Å². The summed E-state index contributed by atoms with van der Waals surface area (Å²) in [5.74, 6) is -2.56. The predicted molar refractivity (Wildman–Crippen MR) is 137 cm³/mol. The summed E-state index contributed by atoms with van der Waals surface area (Å²) in [6.07, 6.45) is 1.34. The van der Waals surface area contributed by atoms with E-state index in [1.807, 2.05) is 30.3 Å². The molecule has 0 bridgehead atoms. The number of hydrogen-bond donors (Lipinski definition) is 5. The SMILES string of the molecule is O=C1CNC(=O)[C@@H](Cc2ccc(O)cc2)NC(=O)[C@@H]2CCCN2C(=O)[C@@H](Cc2ccccc2)NC(=O)CN1. The van der Waals surface area contributed by atoms with E-state index in [1.165, 1.54) is 17.0 Å². The standard InChI is InChI=1S/C27H31N5O6/c33-19-10-8-18(9-11-19)13-20-25(36)29-15-23(34)28-16-24(35)30-21(14-17-5-2-1-3-6-17)27(38)32-12-4-7-22(32)26(37)31-20/h1-3,5-6,8-11,20-22,33H,4,7,12-16H2,(H,28,34)(H,29,36)(H,30,35)(H,31,37)/t20-,21-,22+/m1/s1. The second-order valence-electron chi connectivity index (χ2n) is 9.43. The molecular formula is C27H31N5O6. The largest absolute Gasteiger partial charge is 0.508 e. The molecule has 11 heteroatoms. The summed E-state index contributed by atoms with van der Waals surface area (Å²) in [6, 6.07) is 12.6. The molecule has 2 aliphatic rings. The van der Waals surface area contributed by atoms with Crippen LogP contribution in [0, 0.1) is 0 Å². The number of carbonyl (C=O) groups is 5. The molecule has 2 aliphatic heterocycles. The van der Waals surface area contributed by atoms with E-state index in [-0.39, 0.29) is 25.1 Å². The maximum Gasteiger partial charge on any atom is 0.246 e. The van der Waals surface area contributed by atoms with Gasteiger partial charge in [0.25, 0.3) is 0 Å². The molecule has 2 saturated heterocycles. The molecule has 5 N–H and O–H groups in total. The van der Waals surface area contributed by atoms with Crippen LogP contribution < -0.4 is 21.3 Å². The van der Waals surface area contributed by atoms with Crippen molar-refractivity contribution in [2.45, 2.75) is 43.8 Å². The van der Waals surface area contributed by atoms with Crippen molar-refractivity contribution < 1.29 is 29.1 Å². The van der Waals surface area contributed by atoms with E-state index in [4.69, 9.17) is 0 Å². The van der Waals surface area contributed by atoms with Crippen LogP contribution in [0.4, 0.5) is 0 Å². The number of benzene rings is 2. The summed E-state index contributed by atoms with van der Waals surface area (Å²) in [6.45, 7) is -0.426. The van der Waals surface area contributed by atoms with Gasteiger partial charge in [-0.05, 0) is 36.1 Å². The third-order valence-corrected chi connectivity index (χ3v) is 6.63. The maximum absolute atomic E-state index is 13.6. The normalized spacial score (nSPS) is 23.3. The predicted octanol–water partition coefficient (Wildman–Crippen LogP) is -0.616. The molecule has 3 atom stereocenters. The number of nitrogens with one attached hydrogen (secondary N) is 4. The fraction of sp³-hybridized carbons (Fsp3) is 0.370. The highest BCUT2D eigenvalue weighted by molar-refractivity contribution is 5.96. The van der Waals surface area contributed by atoms with E-state index in [1.54, 1.807) is 12.1 Å². The van der Waals surface area contributed by atoms with Crippen LogP contribution in [-0.4, -0.2) is 77.3 Å². The highest BCUT2D eigenvalue weighted by atomic mass is 16.3. The molecule has 2 heterocycles. The van der Waals surface area contributed by atoms with Gasteiger partial charge in [0.2, 0.25) is 29.5 Å². The van der Waals surface area contributed by atoms with E-state index >= 15 is 0 Å². The lowest BCUT2D eigenvalue weighted by Crippen LogP contribution is -2.57. The zero-order valence-corrected chi connectivity index (χ0v) is 20.8. The number of rotatable bonds is 4. The average Bonchev–Trinajstić information content (AvgIpc) is 3.41. The summed E-state index contributed by atoms with van der Waals surface area (Å²) in [5, 5.41) is 20.0. The number of nitrogens with zero attached hydrogens (tertiary/aromatic N) is 1. The van der Waals surface area contributed by atoms with E-state index in [0.29, 0.717) is 24.9 Å². The van der Waals surface area contributed by atoms with Gasteiger partial charge in [0.05, 0.1) is 13.1 Å². The van der Waals surface area contributed by atoms with Crippen LogP contribution in [0.1, 0.15) is 24.0 Å². The Bertz CT molecular complexity index is 1190. The van der Waals surface area contributed by atoms with Crippen molar-refractivity contribution in [3.05, 3.63) is 65.7 Å². The van der Waals surface area contributed by atoms with Crippen molar-refractivity contribution in [3.8, 4) is 5.75 Å². The molecule has 5 amide bonds. The molecular weight excluding hydrogens is 490 g/mol. The Morgan fingerprint density at radius 2 is 1.39 bits per heavy atom. The van der Waals surface area contributed by atoms with Crippen LogP contribution in [0.2, 0.25) is 0 Å². The second kappa shape index (κ2) is 12.2. The summed E-state index contributed by atoms with van der Waals surface area (Å²) in [5.41, 5.74) is 1.51. The van der Waals surface area contributed by atoms with E-state index in [9.17, 15) is 29.1 Å². The number of carbonyl (C=O) groups excluding carboxylic acids is 5. The number of phenolic OH excluding ortho intramolecular Hbond substituents is 1. The first kappa shape index (κ1) is 26.6. The maximum atomic E-state index is 13.6. The van der Waals surface area contributed by atoms with E-state index < -0.39 is 54.2 Å². The van der Waals surface area contributed by atoms with E-state index in [0.717, 1.165) is 5.56 Å². The fourth-order valence-corrected chi connectivity index (χ4v) is 4.68. The van der Waals surface area contributed by atoms with Gasteiger partial charge in [0, 0.05) is 19.4 Å². The number of phenols is 1. The lowest BCUT2D eigenvalue weighted by molar-refractivity contribution is -0.142. The molecule has 0 aliphatic carbocycles. The smallest absolute Gasteiger partial charge is 0.246 e. The van der Waals surface area contributed by atoms with Crippen LogP contribution in [0.5, 0.6) is 5.75 Å². The Balaban J connectivity index is 1.60. The third-order valence-electron chi connectivity index (χ3n) is 6.63. The van der Waals surface area contributed by atoms with Gasteiger partial charge in [-0.1, -0.05) is 42.5 Å². The number of fused-ring (bicyclic) bond motifs is 1. The van der Waals surface area contributed by atoms with Crippen molar-refractivity contribution in [1.82, 2.24) is 26.2 Å². The lowest BCUT2D eigenvalue weighted by Gasteiger charge is -2.30. The molecule has 0 saturated carbocycles. The molecule has 2 aromatic rings. The van der Waals surface area contributed by atoms with Crippen molar-refractivity contribution >= 4 is 29.5 Å². The summed E-state index contributed by atoms with van der Waals surface area (Å²) in [4.78, 5) is 66.4. The van der Waals surface area contributed by atoms with Gasteiger partial charge in [-0.2, -0.15) is 0 Å². The van der Waals surface area contributed by atoms with Gasteiger partial charge >= 0.3 is 0 Å². The van der Waals surface area contributed by atoms with E-state index in [2.05, 4.69) is 21.3 Å². The zero-order chi connectivity index (χ0) is 27.1. The molecule has 2 fully saturated rings. The Morgan fingerprint density at radius 1 is 0.737 bits per heavy atom. The molecule has 0 radical (unpaired) electrons. The van der Waals surface area contributed by atoms with Gasteiger partial charge in [0.1, 0.15) is 23.9 Å². The number of hydrogen-bond acceptors (Lipinski definition) is 6. The van der Waals surface area contributed by atoms with Crippen molar-refractivity contribution in [2.24, 2.45) is 0 Å². The third kappa shape index (κ3) is 6.87. The average molecular weight is 522 g/mol. The minimum Gasteiger partial charge on any atom is -0.508 e. The van der Waals surface area contributed by atoms with Crippen LogP contribution in [0.15, 0.2) is 54.6 Å². The van der Waals surface area contributed by atoms with Gasteiger partial charge < -0.3 is 31.3 Å². The first-order chi connectivity index (χ1) is 18.3. The molecule has 4 rings (SSSR count). The number of amides is 5. The molecule has 0 unspecified atom stereocenters. The minimum atomic E-state index is -1.03. The highest BCUT2D eigenvalue weighted by Crippen LogP contribution is 2.20. The van der Waals surface area contributed by atoms with Crippen LogP contribution >= 0.6 is 0 Å². The monoisotopic (exact) mass is 521 g/mol. The first-order valence-corrected chi connectivity index (χ1v) is 12.6.